The Morgan fingerprint density at radius 2 is 2.04 bits per heavy atom. The second-order valence-electron chi connectivity index (χ2n) is 5.00. The summed E-state index contributed by atoms with van der Waals surface area (Å²) in [7, 11) is 0. The summed E-state index contributed by atoms with van der Waals surface area (Å²) in [4.78, 5) is 24.0. The minimum absolute atomic E-state index is 0.124. The maximum atomic E-state index is 6.00. The van der Waals surface area contributed by atoms with Gasteiger partial charge in [0.1, 0.15) is 11.6 Å². The lowest BCUT2D eigenvalue weighted by atomic mass is 10.3. The van der Waals surface area contributed by atoms with Crippen LogP contribution in [-0.2, 0) is 13.2 Å². The van der Waals surface area contributed by atoms with Crippen LogP contribution in [0.5, 0.6) is 6.01 Å². The molecule has 4 aromatic rings. The van der Waals surface area contributed by atoms with E-state index in [4.69, 9.17) is 16.3 Å². The molecule has 0 bridgehead atoms. The minimum atomic E-state index is 0.124. The van der Waals surface area contributed by atoms with Crippen LogP contribution in [0.25, 0.3) is 11.2 Å². The topological polar surface area (TPSA) is 102 Å². The van der Waals surface area contributed by atoms with E-state index < -0.39 is 0 Å². The highest BCUT2D eigenvalue weighted by atomic mass is 35.5. The molecule has 0 amide bonds. The second-order valence-corrected chi connectivity index (χ2v) is 6.32. The number of H-pyrrole nitrogens is 1. The van der Waals surface area contributed by atoms with Crippen LogP contribution in [-0.4, -0.2) is 29.9 Å². The average molecular weight is 374 g/mol. The van der Waals surface area contributed by atoms with Gasteiger partial charge in [-0.1, -0.05) is 0 Å². The molecule has 0 saturated carbocycles. The zero-order chi connectivity index (χ0) is 17.1. The highest BCUT2D eigenvalue weighted by Gasteiger charge is 2.13. The Kier molecular flexibility index (Phi) is 4.40. The predicted octanol–water partition coefficient (Wildman–Crippen LogP) is 3.05. The summed E-state index contributed by atoms with van der Waals surface area (Å²) < 4.78 is 5.68. The number of fused-ring (bicyclic) bond motifs is 1. The molecule has 0 aliphatic carbocycles. The molecule has 4 aromatic heterocycles. The number of nitrogens with one attached hydrogen (secondary N) is 2. The van der Waals surface area contributed by atoms with E-state index in [0.717, 1.165) is 10.6 Å². The van der Waals surface area contributed by atoms with Crippen molar-refractivity contribution < 1.29 is 4.74 Å². The molecule has 0 saturated heterocycles. The molecule has 0 unspecified atom stereocenters. The van der Waals surface area contributed by atoms with Gasteiger partial charge in [0, 0.05) is 24.0 Å². The van der Waals surface area contributed by atoms with E-state index in [1.165, 1.54) is 0 Å². The van der Waals surface area contributed by atoms with Gasteiger partial charge in [0.25, 0.3) is 6.01 Å². The first kappa shape index (κ1) is 15.7. The maximum absolute atomic E-state index is 6.00. The number of thiazole rings is 1. The van der Waals surface area contributed by atoms with Crippen LogP contribution in [0, 0.1) is 0 Å². The first-order valence-corrected chi connectivity index (χ1v) is 8.61. The molecule has 4 heterocycles. The first-order chi connectivity index (χ1) is 12.3. The van der Waals surface area contributed by atoms with E-state index in [-0.39, 0.29) is 5.28 Å². The largest absolute Gasteiger partial charge is 0.460 e. The third-order valence-electron chi connectivity index (χ3n) is 3.31. The van der Waals surface area contributed by atoms with Gasteiger partial charge in [0.05, 0.1) is 6.54 Å². The van der Waals surface area contributed by atoms with Crippen LogP contribution in [0.4, 0.5) is 5.82 Å². The smallest absolute Gasteiger partial charge is 0.296 e. The molecule has 0 atom stereocenters. The normalized spacial score (nSPS) is 10.9. The van der Waals surface area contributed by atoms with E-state index in [1.54, 1.807) is 29.9 Å². The van der Waals surface area contributed by atoms with Crippen LogP contribution in [0.15, 0.2) is 36.1 Å². The van der Waals surface area contributed by atoms with Crippen molar-refractivity contribution in [2.75, 3.05) is 5.32 Å². The van der Waals surface area contributed by atoms with Crippen molar-refractivity contribution in [1.29, 1.82) is 0 Å². The van der Waals surface area contributed by atoms with Crippen LogP contribution in [0.3, 0.4) is 0 Å². The second kappa shape index (κ2) is 6.99. The van der Waals surface area contributed by atoms with Crippen LogP contribution >= 0.6 is 22.9 Å². The Hall–Kier alpha value is -2.78. The number of anilines is 1. The SMILES string of the molecule is Clc1nc(NCc2nccs2)c2nc(OCc3ccncc3)[nH]c2n1. The van der Waals surface area contributed by atoms with Gasteiger partial charge in [-0.25, -0.2) is 4.98 Å². The summed E-state index contributed by atoms with van der Waals surface area (Å²) in [5.74, 6) is 0.528. The molecular formula is C15H12ClN7OS. The number of hydrogen-bond donors (Lipinski definition) is 2. The lowest BCUT2D eigenvalue weighted by molar-refractivity contribution is 0.284. The number of hydrogen-bond acceptors (Lipinski definition) is 8. The van der Waals surface area contributed by atoms with Gasteiger partial charge in [0.2, 0.25) is 5.28 Å². The molecular weight excluding hydrogens is 362 g/mol. The zero-order valence-electron chi connectivity index (χ0n) is 12.8. The lowest BCUT2D eigenvalue weighted by Crippen LogP contribution is -2.02. The van der Waals surface area contributed by atoms with Crippen molar-refractivity contribution in [3.05, 3.63) is 52.0 Å². The van der Waals surface area contributed by atoms with Crippen LogP contribution in [0.2, 0.25) is 5.28 Å². The highest BCUT2D eigenvalue weighted by Crippen LogP contribution is 2.23. The quantitative estimate of drug-likeness (QED) is 0.501. The third kappa shape index (κ3) is 3.67. The van der Waals surface area contributed by atoms with Crippen molar-refractivity contribution in [3.63, 3.8) is 0 Å². The fourth-order valence-electron chi connectivity index (χ4n) is 2.17. The Bertz CT molecular complexity index is 974. The van der Waals surface area contributed by atoms with Gasteiger partial charge >= 0.3 is 0 Å². The molecule has 0 spiro atoms. The Morgan fingerprint density at radius 1 is 1.16 bits per heavy atom. The molecule has 0 aromatic carbocycles. The number of rotatable bonds is 6. The number of halogens is 1. The standard InChI is InChI=1S/C15H12ClN7OS/c16-14-21-12(19-7-10-18-5-6-25-10)11-13(22-14)23-15(20-11)24-8-9-1-3-17-4-2-9/h1-6H,7-8H2,(H2,19,20,21,22,23). The fourth-order valence-corrected chi connectivity index (χ4v) is 2.90. The summed E-state index contributed by atoms with van der Waals surface area (Å²) in [5.41, 5.74) is 2.05. The van der Waals surface area contributed by atoms with Gasteiger partial charge in [0.15, 0.2) is 17.0 Å². The van der Waals surface area contributed by atoms with Gasteiger partial charge in [-0.05, 0) is 29.3 Å². The van der Waals surface area contributed by atoms with Crippen LogP contribution < -0.4 is 10.1 Å². The first-order valence-electron chi connectivity index (χ1n) is 7.35. The molecule has 0 aliphatic heterocycles. The van der Waals surface area contributed by atoms with E-state index >= 15 is 0 Å². The molecule has 8 nitrogen and oxygen atoms in total. The van der Waals surface area contributed by atoms with E-state index in [0.29, 0.717) is 36.1 Å². The molecule has 2 N–H and O–H groups in total. The number of ether oxygens (including phenoxy) is 1. The van der Waals surface area contributed by atoms with E-state index in [1.807, 2.05) is 17.5 Å². The summed E-state index contributed by atoms with van der Waals surface area (Å²) in [6.45, 7) is 0.894. The summed E-state index contributed by atoms with van der Waals surface area (Å²) in [6.07, 6.45) is 5.18. The number of aromatic amines is 1. The lowest BCUT2D eigenvalue weighted by Gasteiger charge is -2.03. The third-order valence-corrected chi connectivity index (χ3v) is 4.26. The van der Waals surface area contributed by atoms with Gasteiger partial charge in [-0.2, -0.15) is 15.0 Å². The molecule has 126 valence electrons. The van der Waals surface area contributed by atoms with Crippen molar-refractivity contribution in [3.8, 4) is 6.01 Å². The molecule has 10 heteroatoms. The van der Waals surface area contributed by atoms with E-state index in [9.17, 15) is 0 Å². The van der Waals surface area contributed by atoms with Crippen molar-refractivity contribution in [1.82, 2.24) is 29.9 Å². The van der Waals surface area contributed by atoms with Crippen molar-refractivity contribution >= 4 is 39.9 Å². The monoisotopic (exact) mass is 373 g/mol. The summed E-state index contributed by atoms with van der Waals surface area (Å²) in [6, 6.07) is 4.10. The Labute approximate surface area is 151 Å². The highest BCUT2D eigenvalue weighted by molar-refractivity contribution is 7.09. The number of aromatic nitrogens is 6. The Balaban J connectivity index is 1.55. The molecule has 0 radical (unpaired) electrons. The van der Waals surface area contributed by atoms with Gasteiger partial charge in [-0.15, -0.1) is 11.3 Å². The van der Waals surface area contributed by atoms with Crippen LogP contribution in [0.1, 0.15) is 10.6 Å². The fraction of sp³-hybridized carbons (Fsp3) is 0.133. The van der Waals surface area contributed by atoms with E-state index in [2.05, 4.69) is 35.2 Å². The van der Waals surface area contributed by atoms with Gasteiger partial charge < -0.3 is 10.1 Å². The number of nitrogens with zero attached hydrogens (tertiary/aromatic N) is 5. The summed E-state index contributed by atoms with van der Waals surface area (Å²) >= 11 is 7.55. The predicted molar refractivity (Wildman–Crippen MR) is 94.7 cm³/mol. The molecule has 0 aliphatic rings. The minimum Gasteiger partial charge on any atom is -0.460 e. The van der Waals surface area contributed by atoms with Gasteiger partial charge in [-0.3, -0.25) is 9.97 Å². The van der Waals surface area contributed by atoms with Crippen molar-refractivity contribution in [2.24, 2.45) is 0 Å². The number of imidazole rings is 1. The summed E-state index contributed by atoms with van der Waals surface area (Å²) in [5, 5.41) is 6.16. The molecule has 25 heavy (non-hydrogen) atoms. The zero-order valence-corrected chi connectivity index (χ0v) is 14.4. The molecule has 4 rings (SSSR count). The maximum Gasteiger partial charge on any atom is 0.296 e. The molecule has 0 fully saturated rings. The number of pyridine rings is 1. The average Bonchev–Trinajstić information content (AvgIpc) is 3.28. The van der Waals surface area contributed by atoms with Crippen molar-refractivity contribution in [2.45, 2.75) is 13.2 Å². The Morgan fingerprint density at radius 3 is 2.84 bits per heavy atom.